The maximum absolute atomic E-state index is 13.3. The average molecular weight is 512 g/mol. The van der Waals surface area contributed by atoms with E-state index in [1.165, 1.54) is 17.2 Å². The summed E-state index contributed by atoms with van der Waals surface area (Å²) < 4.78 is 49.8. The van der Waals surface area contributed by atoms with Crippen molar-refractivity contribution in [2.45, 2.75) is 90.8 Å². The van der Waals surface area contributed by atoms with E-state index in [9.17, 15) is 18.0 Å². The number of carbonyl (C=O) groups is 1. The number of hydrogen-bond donors (Lipinski definition) is 0. The lowest BCUT2D eigenvalue weighted by Gasteiger charge is -2.57. The number of nitrogens with zero attached hydrogens (tertiary/aromatic N) is 3. The molecular formula is C25H36F3N3O3Si-. The summed E-state index contributed by atoms with van der Waals surface area (Å²) in [7, 11) is -2.42. The first-order chi connectivity index (χ1) is 16.3. The van der Waals surface area contributed by atoms with E-state index in [0.717, 1.165) is 17.5 Å². The summed E-state index contributed by atoms with van der Waals surface area (Å²) >= 11 is 0. The largest absolute Gasteiger partial charge is 0.573 e. The fourth-order valence-corrected chi connectivity index (χ4v) is 10.6. The molecule has 2 atom stereocenters. The van der Waals surface area contributed by atoms with Gasteiger partial charge in [0.1, 0.15) is 5.75 Å². The molecular weight excluding hydrogens is 475 g/mol. The highest BCUT2D eigenvalue weighted by atomic mass is 28.4. The van der Waals surface area contributed by atoms with Gasteiger partial charge in [-0.25, -0.2) is 5.06 Å². The SMILES string of the molecule is CCC(C)[Si-](ON1C(=O)[C@@H](C)Cc2cn(Cc3ccc(OC(F)(F)F)cc3)nc21)(C(C)C)C(C)C. The van der Waals surface area contributed by atoms with Gasteiger partial charge in [0.05, 0.1) is 6.54 Å². The molecule has 1 aliphatic rings. The Kier molecular flexibility index (Phi) is 8.05. The van der Waals surface area contributed by atoms with Crippen LogP contribution in [0, 0.1) is 5.92 Å². The zero-order valence-electron chi connectivity index (χ0n) is 21.5. The molecule has 6 nitrogen and oxygen atoms in total. The van der Waals surface area contributed by atoms with Crippen molar-refractivity contribution < 1.29 is 27.2 Å². The Hall–Kier alpha value is -2.33. The zero-order valence-corrected chi connectivity index (χ0v) is 22.5. The van der Waals surface area contributed by atoms with E-state index >= 15 is 0 Å². The summed E-state index contributed by atoms with van der Waals surface area (Å²) in [4.78, 5) is 13.3. The molecule has 0 saturated carbocycles. The molecule has 0 aliphatic carbocycles. The van der Waals surface area contributed by atoms with E-state index in [1.807, 2.05) is 13.1 Å². The number of amides is 1. The lowest BCUT2D eigenvalue weighted by Crippen LogP contribution is -2.56. The summed E-state index contributed by atoms with van der Waals surface area (Å²) in [6.45, 7) is 15.4. The minimum absolute atomic E-state index is 0.0853. The van der Waals surface area contributed by atoms with E-state index in [4.69, 9.17) is 4.53 Å². The molecule has 35 heavy (non-hydrogen) atoms. The maximum Gasteiger partial charge on any atom is 0.573 e. The van der Waals surface area contributed by atoms with E-state index in [1.54, 1.807) is 16.8 Å². The Bertz CT molecular complexity index is 1010. The zero-order chi connectivity index (χ0) is 26.1. The lowest BCUT2D eigenvalue weighted by atomic mass is 9.98. The van der Waals surface area contributed by atoms with E-state index in [-0.39, 0.29) is 17.6 Å². The molecule has 0 N–H and O–H groups in total. The summed E-state index contributed by atoms with van der Waals surface area (Å²) in [5.41, 5.74) is 2.62. The van der Waals surface area contributed by atoms with Gasteiger partial charge in [-0.05, 0) is 24.1 Å². The molecule has 0 fully saturated rings. The molecule has 1 aromatic heterocycles. The molecule has 0 spiro atoms. The van der Waals surface area contributed by atoms with Crippen LogP contribution in [0.2, 0.25) is 16.6 Å². The first-order valence-corrected chi connectivity index (χ1v) is 14.4. The molecule has 1 unspecified atom stereocenters. The number of alkyl halides is 3. The number of benzene rings is 1. The molecule has 1 aromatic carbocycles. The number of rotatable bonds is 9. The Morgan fingerprint density at radius 3 is 2.23 bits per heavy atom. The predicted octanol–water partition coefficient (Wildman–Crippen LogP) is 6.85. The van der Waals surface area contributed by atoms with Crippen LogP contribution in [0.25, 0.3) is 0 Å². The fraction of sp³-hybridized carbons (Fsp3) is 0.600. The number of aromatic nitrogens is 2. The number of carbonyl (C=O) groups excluding carboxylic acids is 1. The van der Waals surface area contributed by atoms with Crippen molar-refractivity contribution in [3.05, 3.63) is 41.6 Å². The first-order valence-electron chi connectivity index (χ1n) is 12.2. The molecule has 0 bridgehead atoms. The van der Waals surface area contributed by atoms with Crippen LogP contribution < -0.4 is 9.80 Å². The van der Waals surface area contributed by atoms with Gasteiger partial charge in [0, 0.05) is 26.0 Å². The van der Waals surface area contributed by atoms with Crippen LogP contribution in [0.1, 0.15) is 66.0 Å². The molecule has 195 valence electrons. The van der Waals surface area contributed by atoms with Crippen LogP contribution in [-0.4, -0.2) is 30.4 Å². The normalized spacial score (nSPS) is 17.8. The van der Waals surface area contributed by atoms with Crippen LogP contribution in [0.4, 0.5) is 19.0 Å². The molecule has 2 heterocycles. The van der Waals surface area contributed by atoms with Gasteiger partial charge < -0.3 is 9.26 Å². The van der Waals surface area contributed by atoms with Gasteiger partial charge >= 0.3 is 6.36 Å². The van der Waals surface area contributed by atoms with E-state index in [0.29, 0.717) is 35.4 Å². The summed E-state index contributed by atoms with van der Waals surface area (Å²) in [5, 5.41) is 6.15. The quantitative estimate of drug-likeness (QED) is 0.346. The average Bonchev–Trinajstić information content (AvgIpc) is 3.15. The summed E-state index contributed by atoms with van der Waals surface area (Å²) in [6.07, 6.45) is -1.30. The molecule has 3 rings (SSSR count). The Morgan fingerprint density at radius 2 is 1.71 bits per heavy atom. The van der Waals surface area contributed by atoms with Crippen molar-refractivity contribution in [3.63, 3.8) is 0 Å². The molecule has 1 amide bonds. The molecule has 0 saturated heterocycles. The van der Waals surface area contributed by atoms with Crippen molar-refractivity contribution in [2.24, 2.45) is 5.92 Å². The monoisotopic (exact) mass is 511 g/mol. The summed E-state index contributed by atoms with van der Waals surface area (Å²) in [6, 6.07) is 5.71. The minimum atomic E-state index is -4.73. The molecule has 0 radical (unpaired) electrons. The third-order valence-electron chi connectivity index (χ3n) is 7.09. The lowest BCUT2D eigenvalue weighted by molar-refractivity contribution is -0.274. The van der Waals surface area contributed by atoms with Gasteiger partial charge in [-0.1, -0.05) is 67.0 Å². The number of halogens is 3. The fourth-order valence-electron chi connectivity index (χ4n) is 5.22. The molecule has 2 aromatic rings. The number of anilines is 1. The number of hydroxylamine groups is 1. The predicted molar refractivity (Wildman–Crippen MR) is 132 cm³/mol. The molecule has 10 heteroatoms. The van der Waals surface area contributed by atoms with Gasteiger partial charge in [-0.2, -0.15) is 5.10 Å². The van der Waals surface area contributed by atoms with Crippen molar-refractivity contribution in [1.29, 1.82) is 0 Å². The van der Waals surface area contributed by atoms with Crippen LogP contribution in [0.5, 0.6) is 5.75 Å². The van der Waals surface area contributed by atoms with Crippen LogP contribution in [0.15, 0.2) is 30.5 Å². The Morgan fingerprint density at radius 1 is 1.11 bits per heavy atom. The highest BCUT2D eigenvalue weighted by Gasteiger charge is 2.41. The third-order valence-corrected chi connectivity index (χ3v) is 13.2. The topological polar surface area (TPSA) is 56.6 Å². The van der Waals surface area contributed by atoms with Crippen LogP contribution >= 0.6 is 0 Å². The van der Waals surface area contributed by atoms with Gasteiger partial charge in [0.2, 0.25) is 0 Å². The Labute approximate surface area is 206 Å². The smallest absolute Gasteiger partial charge is 0.453 e. The second kappa shape index (κ2) is 10.3. The highest BCUT2D eigenvalue weighted by molar-refractivity contribution is 6.78. The minimum Gasteiger partial charge on any atom is -0.453 e. The standard InChI is InChI=1S/C25H36F3N3O3Si/c1-8-19(7)35(16(2)3,17(4)5)34-31-23-21(13-18(6)24(31)32)15-30(29-23)14-20-9-11-22(12-10-20)33-25(26,27)28/h9-12,15-19H,8,13-14H2,1-7H3/q-1/t18-,19?/m0/s1. The highest BCUT2D eigenvalue weighted by Crippen LogP contribution is 2.46. The van der Waals surface area contributed by atoms with Gasteiger partial charge in [0.25, 0.3) is 5.91 Å². The first kappa shape index (κ1) is 27.3. The number of ether oxygens (including phenoxy) is 1. The van der Waals surface area contributed by atoms with E-state index in [2.05, 4.69) is 51.4 Å². The van der Waals surface area contributed by atoms with E-state index < -0.39 is 14.7 Å². The van der Waals surface area contributed by atoms with Crippen LogP contribution in [0.3, 0.4) is 0 Å². The summed E-state index contributed by atoms with van der Waals surface area (Å²) in [5.74, 6) is -0.0693. The number of hydrogen-bond acceptors (Lipinski definition) is 4. The number of fused-ring (bicyclic) bond motifs is 1. The van der Waals surface area contributed by atoms with Gasteiger partial charge in [0.15, 0.2) is 5.82 Å². The van der Waals surface area contributed by atoms with Crippen molar-refractivity contribution in [1.82, 2.24) is 9.78 Å². The van der Waals surface area contributed by atoms with Crippen LogP contribution in [-0.2, 0) is 22.3 Å². The van der Waals surface area contributed by atoms with Crippen molar-refractivity contribution in [3.8, 4) is 5.75 Å². The van der Waals surface area contributed by atoms with Crippen molar-refractivity contribution in [2.75, 3.05) is 5.06 Å². The second-order valence-electron chi connectivity index (χ2n) is 10.2. The third kappa shape index (κ3) is 5.74. The molecule has 1 aliphatic heterocycles. The van der Waals surface area contributed by atoms with Gasteiger partial charge in [-0.3, -0.25) is 9.48 Å². The Balaban J connectivity index is 1.91. The van der Waals surface area contributed by atoms with Gasteiger partial charge in [-0.15, -0.1) is 29.8 Å². The second-order valence-corrected chi connectivity index (χ2v) is 15.4. The van der Waals surface area contributed by atoms with Crippen molar-refractivity contribution >= 4 is 20.0 Å². The maximum atomic E-state index is 13.3.